The second-order valence-electron chi connectivity index (χ2n) is 5.25. The molecule has 3 aromatic rings. The van der Waals surface area contributed by atoms with Gasteiger partial charge >= 0.3 is 11.6 Å². The lowest BCUT2D eigenvalue weighted by molar-refractivity contribution is 0.0692. The zero-order valence-corrected chi connectivity index (χ0v) is 15.2. The van der Waals surface area contributed by atoms with Crippen LogP contribution in [0.15, 0.2) is 39.5 Å². The molecule has 3 rings (SSSR count). The van der Waals surface area contributed by atoms with E-state index in [-0.39, 0.29) is 16.2 Å². The Labute approximate surface area is 156 Å². The number of carboxylic acids is 1. The summed E-state index contributed by atoms with van der Waals surface area (Å²) >= 11 is 7.25. The highest BCUT2D eigenvalue weighted by Gasteiger charge is 2.23. The highest BCUT2D eigenvalue weighted by atomic mass is 35.5. The third-order valence-electron chi connectivity index (χ3n) is 3.68. The van der Waals surface area contributed by atoms with Crippen molar-refractivity contribution in [1.29, 1.82) is 0 Å². The molecule has 0 spiro atoms. The number of halogens is 1. The molecule has 0 bridgehead atoms. The number of rotatable bonds is 4. The van der Waals surface area contributed by atoms with E-state index in [4.69, 9.17) is 25.9 Å². The van der Waals surface area contributed by atoms with E-state index in [0.717, 1.165) is 11.3 Å². The Morgan fingerprint density at radius 2 is 2.04 bits per heavy atom. The lowest BCUT2D eigenvalue weighted by Crippen LogP contribution is -2.26. The van der Waals surface area contributed by atoms with Crippen molar-refractivity contribution in [2.45, 2.75) is 0 Å². The minimum Gasteiger partial charge on any atom is -0.496 e. The van der Waals surface area contributed by atoms with Crippen LogP contribution in [0.25, 0.3) is 10.3 Å². The highest BCUT2D eigenvalue weighted by Crippen LogP contribution is 2.34. The quantitative estimate of drug-likeness (QED) is 0.728. The lowest BCUT2D eigenvalue weighted by atomic mass is 10.1. The number of amides is 1. The molecule has 0 saturated carbocycles. The van der Waals surface area contributed by atoms with Crippen LogP contribution in [-0.4, -0.2) is 31.1 Å². The Kier molecular flexibility index (Phi) is 4.71. The fraction of sp³-hybridized carbons (Fsp3) is 0.118. The number of carbonyl (C=O) groups excluding carboxylic acids is 1. The first-order valence-corrected chi connectivity index (χ1v) is 8.44. The van der Waals surface area contributed by atoms with Crippen LogP contribution in [0.4, 0.5) is 5.00 Å². The van der Waals surface area contributed by atoms with E-state index in [1.807, 2.05) is 0 Å². The Bertz CT molecular complexity index is 1090. The summed E-state index contributed by atoms with van der Waals surface area (Å²) in [5, 5.41) is 9.71. The molecule has 2 heterocycles. The fourth-order valence-electron chi connectivity index (χ4n) is 2.37. The number of benzene rings is 1. The van der Waals surface area contributed by atoms with E-state index in [1.54, 1.807) is 18.2 Å². The smallest absolute Gasteiger partial charge is 0.351 e. The number of carbonyl (C=O) groups is 2. The van der Waals surface area contributed by atoms with Crippen LogP contribution in [0.5, 0.6) is 5.75 Å². The van der Waals surface area contributed by atoms with Crippen molar-refractivity contribution in [2.75, 3.05) is 19.1 Å². The number of hydrogen-bond donors (Lipinski definition) is 1. The number of fused-ring (bicyclic) bond motifs is 1. The molecule has 7 nitrogen and oxygen atoms in total. The van der Waals surface area contributed by atoms with Gasteiger partial charge in [-0.1, -0.05) is 17.7 Å². The van der Waals surface area contributed by atoms with Crippen molar-refractivity contribution >= 4 is 50.1 Å². The molecule has 0 atom stereocenters. The summed E-state index contributed by atoms with van der Waals surface area (Å²) in [6.07, 6.45) is 0. The van der Waals surface area contributed by atoms with E-state index < -0.39 is 23.1 Å². The third-order valence-corrected chi connectivity index (χ3v) is 5.14. The van der Waals surface area contributed by atoms with Gasteiger partial charge in [-0.15, -0.1) is 11.3 Å². The average molecular weight is 394 g/mol. The second kappa shape index (κ2) is 6.81. The number of hydrogen-bond acceptors (Lipinski definition) is 6. The first-order valence-electron chi connectivity index (χ1n) is 7.25. The number of thiophene rings is 1. The molecule has 0 saturated heterocycles. The molecule has 1 N–H and O–H groups in total. The standard InChI is InChI=1S/C17H12ClNO6S/c1-19(15(20)14-9(18)4-3-5-10(14)24-2)13-7-11-12(26-13)6-8(16(21)22)17(23)25-11/h3-7H,1-2H3,(H,21,22). The molecular weight excluding hydrogens is 382 g/mol. The second-order valence-corrected chi connectivity index (χ2v) is 6.72. The first kappa shape index (κ1) is 18.0. The normalized spacial score (nSPS) is 10.7. The van der Waals surface area contributed by atoms with Crippen LogP contribution in [0.2, 0.25) is 5.02 Å². The van der Waals surface area contributed by atoms with Gasteiger partial charge in [0.05, 0.1) is 16.8 Å². The summed E-state index contributed by atoms with van der Waals surface area (Å²) in [5.74, 6) is -1.46. The summed E-state index contributed by atoms with van der Waals surface area (Å²) in [6.45, 7) is 0. The molecule has 0 radical (unpaired) electrons. The third kappa shape index (κ3) is 3.04. The number of ether oxygens (including phenoxy) is 1. The zero-order valence-electron chi connectivity index (χ0n) is 13.6. The monoisotopic (exact) mass is 393 g/mol. The van der Waals surface area contributed by atoms with Crippen molar-refractivity contribution in [2.24, 2.45) is 0 Å². The molecule has 0 aliphatic carbocycles. The lowest BCUT2D eigenvalue weighted by Gasteiger charge is -2.17. The van der Waals surface area contributed by atoms with Crippen molar-refractivity contribution in [1.82, 2.24) is 0 Å². The Morgan fingerprint density at radius 3 is 2.69 bits per heavy atom. The van der Waals surface area contributed by atoms with Crippen molar-refractivity contribution in [3.63, 3.8) is 0 Å². The van der Waals surface area contributed by atoms with Gasteiger partial charge in [0.1, 0.15) is 21.9 Å². The average Bonchev–Trinajstić information content (AvgIpc) is 3.02. The van der Waals surface area contributed by atoms with Gasteiger partial charge in [-0.3, -0.25) is 4.79 Å². The Balaban J connectivity index is 2.05. The number of anilines is 1. The van der Waals surface area contributed by atoms with Crippen LogP contribution in [0, 0.1) is 0 Å². The van der Waals surface area contributed by atoms with Gasteiger partial charge in [0, 0.05) is 13.1 Å². The summed E-state index contributed by atoms with van der Waals surface area (Å²) in [4.78, 5) is 36.9. The van der Waals surface area contributed by atoms with Gasteiger partial charge < -0.3 is 19.2 Å². The first-order chi connectivity index (χ1) is 12.3. The number of nitrogens with zero attached hydrogens (tertiary/aromatic N) is 1. The highest BCUT2D eigenvalue weighted by molar-refractivity contribution is 7.22. The van der Waals surface area contributed by atoms with E-state index in [9.17, 15) is 14.4 Å². The predicted molar refractivity (Wildman–Crippen MR) is 98.1 cm³/mol. The predicted octanol–water partition coefficient (Wildman–Crippen LogP) is 3.49. The zero-order chi connectivity index (χ0) is 19.0. The van der Waals surface area contributed by atoms with Gasteiger partial charge in [0.15, 0.2) is 5.58 Å². The van der Waals surface area contributed by atoms with Crippen LogP contribution in [0.3, 0.4) is 0 Å². The molecule has 0 unspecified atom stereocenters. The molecule has 0 aliphatic rings. The Hall–Kier alpha value is -2.84. The summed E-state index contributed by atoms with van der Waals surface area (Å²) in [5.41, 5.74) is -1.01. The van der Waals surface area contributed by atoms with Crippen LogP contribution < -0.4 is 15.3 Å². The van der Waals surface area contributed by atoms with Gasteiger partial charge in [-0.25, -0.2) is 9.59 Å². The van der Waals surface area contributed by atoms with Crippen molar-refractivity contribution in [3.05, 3.63) is 56.9 Å². The van der Waals surface area contributed by atoms with Gasteiger partial charge in [-0.05, 0) is 18.2 Å². The van der Waals surface area contributed by atoms with Gasteiger partial charge in [-0.2, -0.15) is 0 Å². The maximum Gasteiger partial charge on any atom is 0.351 e. The maximum absolute atomic E-state index is 12.8. The minimum absolute atomic E-state index is 0.198. The molecule has 134 valence electrons. The molecular formula is C17H12ClNO6S. The molecule has 1 amide bonds. The summed E-state index contributed by atoms with van der Waals surface area (Å²) in [6, 6.07) is 7.59. The topological polar surface area (TPSA) is 97.0 Å². The van der Waals surface area contributed by atoms with Gasteiger partial charge in [0.2, 0.25) is 0 Å². The van der Waals surface area contributed by atoms with E-state index in [2.05, 4.69) is 0 Å². The van der Waals surface area contributed by atoms with E-state index in [0.29, 0.717) is 15.5 Å². The number of carboxylic acid groups (broad SMARTS) is 1. The molecule has 0 aliphatic heterocycles. The van der Waals surface area contributed by atoms with Crippen LogP contribution in [0.1, 0.15) is 20.7 Å². The molecule has 26 heavy (non-hydrogen) atoms. The van der Waals surface area contributed by atoms with Crippen molar-refractivity contribution in [3.8, 4) is 5.75 Å². The van der Waals surface area contributed by atoms with Gasteiger partial charge in [0.25, 0.3) is 5.91 Å². The molecule has 0 fully saturated rings. The summed E-state index contributed by atoms with van der Waals surface area (Å²) < 4.78 is 10.7. The summed E-state index contributed by atoms with van der Waals surface area (Å²) in [7, 11) is 2.97. The maximum atomic E-state index is 12.8. The Morgan fingerprint density at radius 1 is 1.31 bits per heavy atom. The fourth-order valence-corrected chi connectivity index (χ4v) is 3.60. The number of methoxy groups -OCH3 is 1. The molecule has 1 aromatic carbocycles. The minimum atomic E-state index is -1.37. The number of aromatic carboxylic acids is 1. The van der Waals surface area contributed by atoms with Crippen LogP contribution >= 0.6 is 22.9 Å². The van der Waals surface area contributed by atoms with Crippen LogP contribution in [-0.2, 0) is 0 Å². The van der Waals surface area contributed by atoms with E-state index in [1.165, 1.54) is 31.2 Å². The largest absolute Gasteiger partial charge is 0.496 e. The SMILES string of the molecule is COc1cccc(Cl)c1C(=O)N(C)c1cc2oc(=O)c(C(=O)O)cc2s1. The van der Waals surface area contributed by atoms with Crippen molar-refractivity contribution < 1.29 is 23.8 Å². The van der Waals surface area contributed by atoms with E-state index >= 15 is 0 Å². The molecule has 9 heteroatoms. The molecule has 2 aromatic heterocycles.